The first-order valence-corrected chi connectivity index (χ1v) is 8.24. The molecule has 0 aromatic heterocycles. The molecule has 1 fully saturated rings. The molecule has 1 saturated heterocycles. The van der Waals surface area contributed by atoms with Crippen molar-refractivity contribution in [3.63, 3.8) is 0 Å². The summed E-state index contributed by atoms with van der Waals surface area (Å²) in [6, 6.07) is 6.33. The largest absolute Gasteiger partial charge is 0.496 e. The van der Waals surface area contributed by atoms with Crippen molar-refractivity contribution < 1.29 is 9.47 Å². The summed E-state index contributed by atoms with van der Waals surface area (Å²) in [5.74, 6) is 1.72. The van der Waals surface area contributed by atoms with Crippen LogP contribution < -0.4 is 15.4 Å². The summed E-state index contributed by atoms with van der Waals surface area (Å²) in [7, 11) is 1.71. The van der Waals surface area contributed by atoms with Gasteiger partial charge in [0.1, 0.15) is 5.75 Å². The zero-order valence-electron chi connectivity index (χ0n) is 15.3. The van der Waals surface area contributed by atoms with E-state index >= 15 is 0 Å². The molecule has 0 radical (unpaired) electrons. The molecule has 1 aliphatic rings. The highest BCUT2D eigenvalue weighted by Gasteiger charge is 2.33. The van der Waals surface area contributed by atoms with E-state index in [1.807, 2.05) is 6.07 Å². The number of ether oxygens (including phenoxy) is 2. The molecule has 1 aromatic carbocycles. The maximum Gasteiger partial charge on any atom is 0.191 e. The second-order valence-electron chi connectivity index (χ2n) is 6.61. The zero-order chi connectivity index (χ0) is 16.9. The Morgan fingerprint density at radius 1 is 1.42 bits per heavy atom. The number of methoxy groups -OCH3 is 1. The van der Waals surface area contributed by atoms with Crippen LogP contribution in [-0.2, 0) is 4.74 Å². The number of nitrogens with zero attached hydrogens (tertiary/aromatic N) is 1. The fourth-order valence-corrected chi connectivity index (χ4v) is 2.61. The predicted octanol–water partition coefficient (Wildman–Crippen LogP) is 3.27. The number of halogens is 1. The van der Waals surface area contributed by atoms with Crippen molar-refractivity contribution in [3.8, 4) is 5.75 Å². The van der Waals surface area contributed by atoms with Gasteiger partial charge in [-0.3, -0.25) is 4.99 Å². The lowest BCUT2D eigenvalue weighted by Crippen LogP contribution is -2.44. The van der Waals surface area contributed by atoms with Gasteiger partial charge in [-0.15, -0.1) is 24.0 Å². The SMILES string of the molecule is CCNC(=NCC1(C)COC1)NC(C)c1cc(C)ccc1OC.I. The highest BCUT2D eigenvalue weighted by molar-refractivity contribution is 14.0. The van der Waals surface area contributed by atoms with Gasteiger partial charge in [-0.1, -0.05) is 24.6 Å². The number of hydrogen-bond donors (Lipinski definition) is 2. The zero-order valence-corrected chi connectivity index (χ0v) is 17.6. The van der Waals surface area contributed by atoms with Crippen LogP contribution in [0.15, 0.2) is 23.2 Å². The average Bonchev–Trinajstić information content (AvgIpc) is 2.50. The standard InChI is InChI=1S/C18H29N3O2.HI/c1-6-19-17(20-10-18(4)11-23-12-18)21-14(3)15-9-13(2)7-8-16(15)22-5;/h7-9,14H,6,10-12H2,1-5H3,(H2,19,20,21);1H. The van der Waals surface area contributed by atoms with Crippen molar-refractivity contribution in [2.75, 3.05) is 33.4 Å². The van der Waals surface area contributed by atoms with Gasteiger partial charge in [-0.05, 0) is 26.8 Å². The molecular formula is C18H30IN3O2. The Labute approximate surface area is 162 Å². The van der Waals surface area contributed by atoms with E-state index in [4.69, 9.17) is 14.5 Å². The Morgan fingerprint density at radius 3 is 2.67 bits per heavy atom. The number of rotatable bonds is 6. The number of aryl methyl sites for hydroxylation is 1. The van der Waals surface area contributed by atoms with E-state index in [2.05, 4.69) is 50.5 Å². The minimum Gasteiger partial charge on any atom is -0.496 e. The number of benzene rings is 1. The highest BCUT2D eigenvalue weighted by atomic mass is 127. The van der Waals surface area contributed by atoms with Crippen LogP contribution in [0.5, 0.6) is 5.75 Å². The monoisotopic (exact) mass is 447 g/mol. The van der Waals surface area contributed by atoms with Crippen LogP contribution in [0, 0.1) is 12.3 Å². The molecule has 6 heteroatoms. The van der Waals surface area contributed by atoms with Gasteiger partial charge in [-0.2, -0.15) is 0 Å². The lowest BCUT2D eigenvalue weighted by Gasteiger charge is -2.36. The first-order chi connectivity index (χ1) is 11.0. The molecule has 1 aliphatic heterocycles. The number of guanidine groups is 1. The van der Waals surface area contributed by atoms with Crippen LogP contribution in [0.25, 0.3) is 0 Å². The van der Waals surface area contributed by atoms with Crippen LogP contribution in [0.2, 0.25) is 0 Å². The molecule has 136 valence electrons. The van der Waals surface area contributed by atoms with Gasteiger partial charge in [0.05, 0.1) is 32.9 Å². The molecule has 1 unspecified atom stereocenters. The first kappa shape index (κ1) is 21.0. The predicted molar refractivity (Wildman–Crippen MR) is 110 cm³/mol. The van der Waals surface area contributed by atoms with Gasteiger partial charge in [0.2, 0.25) is 0 Å². The highest BCUT2D eigenvalue weighted by Crippen LogP contribution is 2.27. The Bertz CT molecular complexity index is 559. The van der Waals surface area contributed by atoms with Crippen molar-refractivity contribution in [2.24, 2.45) is 10.4 Å². The van der Waals surface area contributed by atoms with Gasteiger partial charge < -0.3 is 20.1 Å². The molecule has 0 spiro atoms. The molecule has 5 nitrogen and oxygen atoms in total. The van der Waals surface area contributed by atoms with Crippen LogP contribution in [0.4, 0.5) is 0 Å². The molecule has 1 heterocycles. The minimum absolute atomic E-state index is 0. The van der Waals surface area contributed by atoms with E-state index in [1.165, 1.54) is 5.56 Å². The number of hydrogen-bond acceptors (Lipinski definition) is 3. The molecule has 0 bridgehead atoms. The van der Waals surface area contributed by atoms with E-state index in [-0.39, 0.29) is 35.4 Å². The van der Waals surface area contributed by atoms with Gasteiger partial charge in [0.15, 0.2) is 5.96 Å². The Balaban J connectivity index is 0.00000288. The average molecular weight is 447 g/mol. The van der Waals surface area contributed by atoms with Gasteiger partial charge >= 0.3 is 0 Å². The Morgan fingerprint density at radius 2 is 2.12 bits per heavy atom. The molecule has 1 atom stereocenters. The smallest absolute Gasteiger partial charge is 0.191 e. The van der Waals surface area contributed by atoms with Crippen molar-refractivity contribution in [2.45, 2.75) is 33.7 Å². The van der Waals surface area contributed by atoms with E-state index in [0.717, 1.165) is 43.6 Å². The van der Waals surface area contributed by atoms with Crippen molar-refractivity contribution in [1.82, 2.24) is 10.6 Å². The van der Waals surface area contributed by atoms with Crippen molar-refractivity contribution >= 4 is 29.9 Å². The van der Waals surface area contributed by atoms with E-state index in [9.17, 15) is 0 Å². The van der Waals surface area contributed by atoms with Gasteiger partial charge in [-0.25, -0.2) is 0 Å². The van der Waals surface area contributed by atoms with Crippen molar-refractivity contribution in [1.29, 1.82) is 0 Å². The Kier molecular flexibility index (Phi) is 8.29. The molecule has 1 aromatic rings. The lowest BCUT2D eigenvalue weighted by molar-refractivity contribution is -0.0945. The third-order valence-corrected chi connectivity index (χ3v) is 4.07. The van der Waals surface area contributed by atoms with E-state index in [1.54, 1.807) is 7.11 Å². The van der Waals surface area contributed by atoms with E-state index < -0.39 is 0 Å². The number of aliphatic imine (C=N–C) groups is 1. The fraction of sp³-hybridized carbons (Fsp3) is 0.611. The summed E-state index contributed by atoms with van der Waals surface area (Å²) in [6.07, 6.45) is 0. The first-order valence-electron chi connectivity index (χ1n) is 8.24. The maximum absolute atomic E-state index is 5.49. The molecule has 0 amide bonds. The quantitative estimate of drug-likeness (QED) is 0.400. The number of nitrogens with one attached hydrogen (secondary N) is 2. The molecule has 0 saturated carbocycles. The lowest BCUT2D eigenvalue weighted by atomic mass is 9.89. The minimum atomic E-state index is 0. The van der Waals surface area contributed by atoms with Crippen LogP contribution in [0.3, 0.4) is 0 Å². The second kappa shape index (κ2) is 9.46. The summed E-state index contributed by atoms with van der Waals surface area (Å²) < 4.78 is 10.8. The molecule has 0 aliphatic carbocycles. The molecule has 24 heavy (non-hydrogen) atoms. The fourth-order valence-electron chi connectivity index (χ4n) is 2.61. The normalized spacial score (nSPS) is 17.3. The van der Waals surface area contributed by atoms with Crippen LogP contribution >= 0.6 is 24.0 Å². The molecular weight excluding hydrogens is 417 g/mol. The van der Waals surface area contributed by atoms with Crippen LogP contribution in [0.1, 0.15) is 37.9 Å². The third-order valence-electron chi connectivity index (χ3n) is 4.07. The summed E-state index contributed by atoms with van der Waals surface area (Å²) in [4.78, 5) is 4.72. The summed E-state index contributed by atoms with van der Waals surface area (Å²) >= 11 is 0. The van der Waals surface area contributed by atoms with E-state index in [0.29, 0.717) is 0 Å². The van der Waals surface area contributed by atoms with Crippen LogP contribution in [-0.4, -0.2) is 39.4 Å². The molecule has 2 N–H and O–H groups in total. The van der Waals surface area contributed by atoms with Crippen molar-refractivity contribution in [3.05, 3.63) is 29.3 Å². The maximum atomic E-state index is 5.49. The topological polar surface area (TPSA) is 54.9 Å². The van der Waals surface area contributed by atoms with Gasteiger partial charge in [0, 0.05) is 17.5 Å². The second-order valence-corrected chi connectivity index (χ2v) is 6.61. The Hall–Kier alpha value is -1.02. The van der Waals surface area contributed by atoms with Gasteiger partial charge in [0.25, 0.3) is 0 Å². The summed E-state index contributed by atoms with van der Waals surface area (Å²) in [6.45, 7) is 11.7. The summed E-state index contributed by atoms with van der Waals surface area (Å²) in [5.41, 5.74) is 2.53. The summed E-state index contributed by atoms with van der Waals surface area (Å²) in [5, 5.41) is 6.79. The molecule has 2 rings (SSSR count). The third kappa shape index (κ3) is 5.51.